The molecule has 2 aromatic carbocycles. The lowest BCUT2D eigenvalue weighted by molar-refractivity contribution is -0.254. The first-order valence-corrected chi connectivity index (χ1v) is 6.59. The van der Waals surface area contributed by atoms with Gasteiger partial charge >= 0.3 is 0 Å². The molecule has 21 heavy (non-hydrogen) atoms. The van der Waals surface area contributed by atoms with Crippen molar-refractivity contribution in [1.29, 1.82) is 0 Å². The Morgan fingerprint density at radius 2 is 1.71 bits per heavy atom. The molecule has 1 heterocycles. The molecule has 3 rings (SSSR count). The molecule has 0 aliphatic carbocycles. The number of aromatic carboxylic acids is 1. The summed E-state index contributed by atoms with van der Waals surface area (Å²) in [6, 6.07) is 17.0. The lowest BCUT2D eigenvalue weighted by Crippen LogP contribution is -2.22. The number of para-hydroxylation sites is 1. The quantitative estimate of drug-likeness (QED) is 0.737. The van der Waals surface area contributed by atoms with Crippen LogP contribution in [0.3, 0.4) is 0 Å². The van der Waals surface area contributed by atoms with E-state index in [0.717, 1.165) is 16.8 Å². The second-order valence-corrected chi connectivity index (χ2v) is 4.77. The summed E-state index contributed by atoms with van der Waals surface area (Å²) in [5.41, 5.74) is 3.09. The van der Waals surface area contributed by atoms with Crippen molar-refractivity contribution in [3.63, 3.8) is 0 Å². The van der Waals surface area contributed by atoms with Crippen LogP contribution in [0.2, 0.25) is 0 Å². The maximum Gasteiger partial charge on any atom is 0.102 e. The minimum absolute atomic E-state index is 0.0909. The SMILES string of the molecule is Cc1ccccc1-c1nn(-c2ccccc2)cc1C(=O)[O-]. The molecule has 0 bridgehead atoms. The monoisotopic (exact) mass is 277 g/mol. The van der Waals surface area contributed by atoms with Crippen molar-refractivity contribution in [2.45, 2.75) is 6.92 Å². The number of carboxylic acid groups (broad SMARTS) is 1. The summed E-state index contributed by atoms with van der Waals surface area (Å²) in [6.45, 7) is 1.93. The van der Waals surface area contributed by atoms with E-state index in [4.69, 9.17) is 0 Å². The Morgan fingerprint density at radius 1 is 1.05 bits per heavy atom. The molecule has 0 atom stereocenters. The molecule has 0 N–H and O–H groups in total. The van der Waals surface area contributed by atoms with Gasteiger partial charge in [0.2, 0.25) is 0 Å². The first kappa shape index (κ1) is 13.1. The predicted octanol–water partition coefficient (Wildman–Crippen LogP) is 2.21. The molecule has 1 aromatic heterocycles. The maximum absolute atomic E-state index is 11.4. The molecule has 0 saturated carbocycles. The van der Waals surface area contributed by atoms with Gasteiger partial charge in [-0.05, 0) is 24.6 Å². The van der Waals surface area contributed by atoms with Crippen LogP contribution >= 0.6 is 0 Å². The average Bonchev–Trinajstić information content (AvgIpc) is 2.94. The molecular weight excluding hydrogens is 264 g/mol. The van der Waals surface area contributed by atoms with Gasteiger partial charge in [-0.25, -0.2) is 4.68 Å². The van der Waals surface area contributed by atoms with Crippen LogP contribution in [-0.2, 0) is 0 Å². The highest BCUT2D eigenvalue weighted by Gasteiger charge is 2.14. The number of aryl methyl sites for hydroxylation is 1. The number of rotatable bonds is 3. The van der Waals surface area contributed by atoms with Crippen LogP contribution in [0.1, 0.15) is 15.9 Å². The van der Waals surface area contributed by atoms with Crippen LogP contribution in [0.5, 0.6) is 0 Å². The summed E-state index contributed by atoms with van der Waals surface area (Å²) in [7, 11) is 0. The number of carbonyl (C=O) groups is 1. The maximum atomic E-state index is 11.4. The minimum Gasteiger partial charge on any atom is -0.545 e. The van der Waals surface area contributed by atoms with Gasteiger partial charge in [-0.2, -0.15) is 5.10 Å². The van der Waals surface area contributed by atoms with Crippen molar-refractivity contribution in [3.05, 3.63) is 71.9 Å². The van der Waals surface area contributed by atoms with E-state index in [9.17, 15) is 9.90 Å². The van der Waals surface area contributed by atoms with E-state index in [0.29, 0.717) is 5.69 Å². The molecule has 4 heteroatoms. The van der Waals surface area contributed by atoms with Crippen LogP contribution in [0.4, 0.5) is 0 Å². The van der Waals surface area contributed by atoms with Crippen LogP contribution in [0, 0.1) is 6.92 Å². The van der Waals surface area contributed by atoms with E-state index in [1.807, 2.05) is 61.5 Å². The molecule has 0 aliphatic rings. The minimum atomic E-state index is -1.23. The first-order valence-electron chi connectivity index (χ1n) is 6.59. The zero-order chi connectivity index (χ0) is 14.8. The van der Waals surface area contributed by atoms with Gasteiger partial charge in [0.15, 0.2) is 0 Å². The number of nitrogens with zero attached hydrogens (tertiary/aromatic N) is 2. The number of carbonyl (C=O) groups excluding carboxylic acids is 1. The van der Waals surface area contributed by atoms with Crippen molar-refractivity contribution in [3.8, 4) is 16.9 Å². The largest absolute Gasteiger partial charge is 0.545 e. The smallest absolute Gasteiger partial charge is 0.102 e. The first-order chi connectivity index (χ1) is 10.2. The van der Waals surface area contributed by atoms with Gasteiger partial charge in [0.25, 0.3) is 0 Å². The van der Waals surface area contributed by atoms with Crippen LogP contribution in [0.25, 0.3) is 16.9 Å². The summed E-state index contributed by atoms with van der Waals surface area (Å²) >= 11 is 0. The third-order valence-corrected chi connectivity index (χ3v) is 3.36. The zero-order valence-electron chi connectivity index (χ0n) is 11.5. The normalized spacial score (nSPS) is 10.5. The van der Waals surface area contributed by atoms with E-state index in [1.165, 1.54) is 6.20 Å². The van der Waals surface area contributed by atoms with Gasteiger partial charge in [0.05, 0.1) is 11.7 Å². The van der Waals surface area contributed by atoms with E-state index in [-0.39, 0.29) is 5.56 Å². The molecule has 104 valence electrons. The van der Waals surface area contributed by atoms with Crippen molar-refractivity contribution in [2.75, 3.05) is 0 Å². The highest BCUT2D eigenvalue weighted by atomic mass is 16.4. The number of benzene rings is 2. The van der Waals surface area contributed by atoms with E-state index in [2.05, 4.69) is 5.10 Å². The molecular formula is C17H13N2O2-. The standard InChI is InChI=1S/C17H14N2O2/c1-12-7-5-6-10-14(12)16-15(17(20)21)11-19(18-16)13-8-3-2-4-9-13/h2-11H,1H3,(H,20,21)/p-1. The van der Waals surface area contributed by atoms with Gasteiger partial charge in [0, 0.05) is 17.3 Å². The highest BCUT2D eigenvalue weighted by molar-refractivity contribution is 5.93. The molecule has 0 radical (unpaired) electrons. The Hall–Kier alpha value is -2.88. The lowest BCUT2D eigenvalue weighted by Gasteiger charge is -2.05. The van der Waals surface area contributed by atoms with Gasteiger partial charge in [-0.1, -0.05) is 42.5 Å². The van der Waals surface area contributed by atoms with Crippen molar-refractivity contribution < 1.29 is 9.90 Å². The van der Waals surface area contributed by atoms with Crippen molar-refractivity contribution in [1.82, 2.24) is 9.78 Å². The molecule has 4 nitrogen and oxygen atoms in total. The fraction of sp³-hybridized carbons (Fsp3) is 0.0588. The van der Waals surface area contributed by atoms with Crippen LogP contribution in [-0.4, -0.2) is 15.7 Å². The predicted molar refractivity (Wildman–Crippen MR) is 78.1 cm³/mol. The molecule has 0 unspecified atom stereocenters. The Morgan fingerprint density at radius 3 is 2.38 bits per heavy atom. The summed E-state index contributed by atoms with van der Waals surface area (Å²) in [4.78, 5) is 11.4. The Balaban J connectivity index is 2.19. The van der Waals surface area contributed by atoms with E-state index < -0.39 is 5.97 Å². The zero-order valence-corrected chi connectivity index (χ0v) is 11.5. The highest BCUT2D eigenvalue weighted by Crippen LogP contribution is 2.26. The van der Waals surface area contributed by atoms with Gasteiger partial charge < -0.3 is 9.90 Å². The molecule has 0 aliphatic heterocycles. The van der Waals surface area contributed by atoms with Gasteiger partial charge in [0.1, 0.15) is 5.69 Å². The molecule has 0 amide bonds. The van der Waals surface area contributed by atoms with Crippen molar-refractivity contribution in [2.24, 2.45) is 0 Å². The third-order valence-electron chi connectivity index (χ3n) is 3.36. The fourth-order valence-corrected chi connectivity index (χ4v) is 2.27. The summed E-state index contributed by atoms with van der Waals surface area (Å²) in [5, 5.41) is 15.8. The Bertz CT molecular complexity index is 792. The fourth-order valence-electron chi connectivity index (χ4n) is 2.27. The van der Waals surface area contributed by atoms with Crippen molar-refractivity contribution >= 4 is 5.97 Å². The molecule has 3 aromatic rings. The Labute approximate surface area is 122 Å². The van der Waals surface area contributed by atoms with E-state index in [1.54, 1.807) is 4.68 Å². The third kappa shape index (κ3) is 2.43. The molecule has 0 fully saturated rings. The Kier molecular flexibility index (Phi) is 3.28. The van der Waals surface area contributed by atoms with Crippen LogP contribution < -0.4 is 5.11 Å². The second-order valence-electron chi connectivity index (χ2n) is 4.77. The molecule has 0 saturated heterocycles. The van der Waals surface area contributed by atoms with Gasteiger partial charge in [-0.3, -0.25) is 0 Å². The second kappa shape index (κ2) is 5.25. The summed E-state index contributed by atoms with van der Waals surface area (Å²) in [5.74, 6) is -1.23. The number of carboxylic acids is 1. The summed E-state index contributed by atoms with van der Waals surface area (Å²) < 4.78 is 1.56. The number of aromatic nitrogens is 2. The molecule has 0 spiro atoms. The van der Waals surface area contributed by atoms with E-state index >= 15 is 0 Å². The topological polar surface area (TPSA) is 58.0 Å². The lowest BCUT2D eigenvalue weighted by atomic mass is 10.0. The van der Waals surface area contributed by atoms with Gasteiger partial charge in [-0.15, -0.1) is 0 Å². The summed E-state index contributed by atoms with van der Waals surface area (Å²) in [6.07, 6.45) is 1.49. The van der Waals surface area contributed by atoms with Crippen LogP contribution in [0.15, 0.2) is 60.8 Å². The number of hydrogen-bond acceptors (Lipinski definition) is 3. The average molecular weight is 277 g/mol. The number of hydrogen-bond donors (Lipinski definition) is 0.